The Kier molecular flexibility index (Phi) is 3.47. The standard InChI is InChI=1S/C12H17F2N3O2/c13-12(14)3-1-8(10(12)15)11(16)17-4-2-7(6-17)5-9(18)19/h7,15H,1-6,16H2,(H,18,19)/b11-8+,15-10?/t7-/m0/s1. The molecule has 2 fully saturated rings. The van der Waals surface area contributed by atoms with Gasteiger partial charge in [-0.15, -0.1) is 0 Å². The van der Waals surface area contributed by atoms with Gasteiger partial charge in [0.25, 0.3) is 5.92 Å². The number of hydrogen-bond donors (Lipinski definition) is 3. The second kappa shape index (κ2) is 4.79. The number of nitrogens with zero attached hydrogens (tertiary/aromatic N) is 1. The van der Waals surface area contributed by atoms with Crippen LogP contribution in [0.25, 0.3) is 0 Å². The predicted molar refractivity (Wildman–Crippen MR) is 65.1 cm³/mol. The lowest BCUT2D eigenvalue weighted by molar-refractivity contribution is -0.138. The molecule has 4 N–H and O–H groups in total. The zero-order valence-electron chi connectivity index (χ0n) is 10.5. The molecule has 7 heteroatoms. The van der Waals surface area contributed by atoms with Gasteiger partial charge in [0, 0.05) is 31.5 Å². The van der Waals surface area contributed by atoms with Crippen LogP contribution in [0.3, 0.4) is 0 Å². The van der Waals surface area contributed by atoms with E-state index in [-0.39, 0.29) is 36.6 Å². The number of alkyl halides is 2. The van der Waals surface area contributed by atoms with Crippen LogP contribution in [0.1, 0.15) is 25.7 Å². The molecule has 106 valence electrons. The number of carbonyl (C=O) groups is 1. The molecule has 0 aromatic carbocycles. The van der Waals surface area contributed by atoms with Crippen LogP contribution in [-0.2, 0) is 4.79 Å². The van der Waals surface area contributed by atoms with Crippen LogP contribution in [0.2, 0.25) is 0 Å². The number of allylic oxidation sites excluding steroid dienone is 1. The Labute approximate surface area is 109 Å². The van der Waals surface area contributed by atoms with Gasteiger partial charge in [-0.3, -0.25) is 10.2 Å². The van der Waals surface area contributed by atoms with Crippen LogP contribution in [0.15, 0.2) is 11.4 Å². The van der Waals surface area contributed by atoms with E-state index in [1.165, 1.54) is 0 Å². The van der Waals surface area contributed by atoms with Gasteiger partial charge in [0.05, 0.1) is 0 Å². The van der Waals surface area contributed by atoms with Gasteiger partial charge in [-0.25, -0.2) is 0 Å². The van der Waals surface area contributed by atoms with E-state index in [0.717, 1.165) is 0 Å². The molecule has 0 spiro atoms. The third-order valence-corrected chi connectivity index (χ3v) is 3.76. The first kappa shape index (κ1) is 13.8. The summed E-state index contributed by atoms with van der Waals surface area (Å²) in [4.78, 5) is 12.4. The lowest BCUT2D eigenvalue weighted by Crippen LogP contribution is -2.30. The molecular formula is C12H17F2N3O2. The van der Waals surface area contributed by atoms with Crippen molar-refractivity contribution in [3.05, 3.63) is 11.4 Å². The Balaban J connectivity index is 2.07. The first-order chi connectivity index (χ1) is 8.81. The van der Waals surface area contributed by atoms with Gasteiger partial charge in [-0.2, -0.15) is 8.78 Å². The van der Waals surface area contributed by atoms with Crippen LogP contribution >= 0.6 is 0 Å². The van der Waals surface area contributed by atoms with Crippen molar-refractivity contribution in [3.63, 3.8) is 0 Å². The van der Waals surface area contributed by atoms with E-state index in [1.54, 1.807) is 4.90 Å². The van der Waals surface area contributed by atoms with Crippen LogP contribution < -0.4 is 5.73 Å². The molecule has 1 aliphatic carbocycles. The van der Waals surface area contributed by atoms with Crippen molar-refractivity contribution in [2.24, 2.45) is 11.7 Å². The van der Waals surface area contributed by atoms with E-state index in [9.17, 15) is 13.6 Å². The van der Waals surface area contributed by atoms with Crippen LogP contribution in [-0.4, -0.2) is 40.7 Å². The summed E-state index contributed by atoms with van der Waals surface area (Å²) < 4.78 is 26.5. The molecule has 0 aromatic heterocycles. The first-order valence-corrected chi connectivity index (χ1v) is 6.24. The van der Waals surface area contributed by atoms with Gasteiger partial charge in [0.1, 0.15) is 11.5 Å². The lowest BCUT2D eigenvalue weighted by Gasteiger charge is -2.21. The number of rotatable bonds is 3. The van der Waals surface area contributed by atoms with E-state index in [4.69, 9.17) is 16.2 Å². The maximum Gasteiger partial charge on any atom is 0.303 e. The molecule has 0 radical (unpaired) electrons. The second-order valence-corrected chi connectivity index (χ2v) is 5.14. The minimum atomic E-state index is -3.08. The van der Waals surface area contributed by atoms with E-state index < -0.39 is 17.6 Å². The highest BCUT2D eigenvalue weighted by Gasteiger charge is 2.44. The maximum absolute atomic E-state index is 13.3. The van der Waals surface area contributed by atoms with E-state index in [1.807, 2.05) is 0 Å². The molecule has 5 nitrogen and oxygen atoms in total. The highest BCUT2D eigenvalue weighted by molar-refractivity contribution is 6.05. The molecule has 1 aliphatic heterocycles. The smallest absolute Gasteiger partial charge is 0.303 e. The number of hydrogen-bond acceptors (Lipinski definition) is 4. The molecule has 0 aromatic rings. The summed E-state index contributed by atoms with van der Waals surface area (Å²) in [5.74, 6) is -3.74. The number of aliphatic carboxylic acids is 1. The fourth-order valence-electron chi connectivity index (χ4n) is 2.66. The third kappa shape index (κ3) is 2.69. The first-order valence-electron chi connectivity index (χ1n) is 6.24. The van der Waals surface area contributed by atoms with Gasteiger partial charge in [0.2, 0.25) is 0 Å². The van der Waals surface area contributed by atoms with Gasteiger partial charge < -0.3 is 15.7 Å². The number of carboxylic acids is 1. The minimum absolute atomic E-state index is 0.00672. The van der Waals surface area contributed by atoms with Crippen molar-refractivity contribution in [2.75, 3.05) is 13.1 Å². The highest BCUT2D eigenvalue weighted by atomic mass is 19.3. The summed E-state index contributed by atoms with van der Waals surface area (Å²) in [6.45, 7) is 1.02. The molecule has 2 aliphatic rings. The van der Waals surface area contributed by atoms with Crippen LogP contribution in [0.5, 0.6) is 0 Å². The van der Waals surface area contributed by atoms with Crippen molar-refractivity contribution in [2.45, 2.75) is 31.6 Å². The van der Waals surface area contributed by atoms with Crippen LogP contribution in [0.4, 0.5) is 8.78 Å². The number of halogens is 2. The maximum atomic E-state index is 13.3. The average Bonchev–Trinajstić information content (AvgIpc) is 2.85. The van der Waals surface area contributed by atoms with Gasteiger partial charge in [0.15, 0.2) is 0 Å². The quantitative estimate of drug-likeness (QED) is 0.725. The highest BCUT2D eigenvalue weighted by Crippen LogP contribution is 2.37. The van der Waals surface area contributed by atoms with Crippen molar-refractivity contribution in [1.29, 1.82) is 5.41 Å². The number of likely N-dealkylation sites (tertiary alicyclic amines) is 1. The third-order valence-electron chi connectivity index (χ3n) is 3.76. The van der Waals surface area contributed by atoms with Gasteiger partial charge >= 0.3 is 5.97 Å². The average molecular weight is 273 g/mol. The van der Waals surface area contributed by atoms with E-state index in [0.29, 0.717) is 19.5 Å². The van der Waals surface area contributed by atoms with Crippen molar-refractivity contribution < 1.29 is 18.7 Å². The fourth-order valence-corrected chi connectivity index (χ4v) is 2.66. The largest absolute Gasteiger partial charge is 0.481 e. The second-order valence-electron chi connectivity index (χ2n) is 5.14. The molecule has 0 unspecified atom stereocenters. The normalized spacial score (nSPS) is 28.8. The molecular weight excluding hydrogens is 256 g/mol. The van der Waals surface area contributed by atoms with Crippen molar-refractivity contribution in [3.8, 4) is 0 Å². The Morgan fingerprint density at radius 1 is 1.58 bits per heavy atom. The fraction of sp³-hybridized carbons (Fsp3) is 0.667. The SMILES string of the molecule is N=C1/C(=C(\N)N2CC[C@@H](CC(=O)O)C2)CCC1(F)F. The molecule has 0 bridgehead atoms. The number of carboxylic acid groups (broad SMARTS) is 1. The summed E-state index contributed by atoms with van der Waals surface area (Å²) in [6, 6.07) is 0. The monoisotopic (exact) mass is 273 g/mol. The van der Waals surface area contributed by atoms with Crippen molar-refractivity contribution in [1.82, 2.24) is 4.90 Å². The molecule has 1 heterocycles. The molecule has 19 heavy (non-hydrogen) atoms. The molecule has 2 rings (SSSR count). The van der Waals surface area contributed by atoms with E-state index >= 15 is 0 Å². The number of nitrogens with one attached hydrogen (secondary N) is 1. The number of nitrogens with two attached hydrogens (primary N) is 1. The zero-order chi connectivity index (χ0) is 14.2. The van der Waals surface area contributed by atoms with Crippen molar-refractivity contribution >= 4 is 11.7 Å². The Hall–Kier alpha value is -1.66. The lowest BCUT2D eigenvalue weighted by atomic mass is 10.1. The molecule has 0 amide bonds. The predicted octanol–water partition coefficient (Wildman–Crippen LogP) is 1.40. The molecule has 1 atom stereocenters. The minimum Gasteiger partial charge on any atom is -0.481 e. The molecule has 1 saturated carbocycles. The summed E-state index contributed by atoms with van der Waals surface area (Å²) in [6.07, 6.45) is 0.489. The van der Waals surface area contributed by atoms with Gasteiger partial charge in [-0.05, 0) is 18.8 Å². The molecule has 1 saturated heterocycles. The summed E-state index contributed by atoms with van der Waals surface area (Å²) in [7, 11) is 0. The zero-order valence-corrected chi connectivity index (χ0v) is 10.5. The summed E-state index contributed by atoms with van der Waals surface area (Å²) in [5.41, 5.74) is 5.39. The van der Waals surface area contributed by atoms with E-state index in [2.05, 4.69) is 0 Å². The summed E-state index contributed by atoms with van der Waals surface area (Å²) in [5, 5.41) is 16.2. The topological polar surface area (TPSA) is 90.4 Å². The van der Waals surface area contributed by atoms with Crippen LogP contribution in [0, 0.1) is 11.3 Å². The van der Waals surface area contributed by atoms with Gasteiger partial charge in [-0.1, -0.05) is 0 Å². The Morgan fingerprint density at radius 2 is 2.26 bits per heavy atom. The summed E-state index contributed by atoms with van der Waals surface area (Å²) >= 11 is 0. The Bertz CT molecular complexity index is 448. The Morgan fingerprint density at radius 3 is 2.79 bits per heavy atom.